The van der Waals surface area contributed by atoms with Crippen LogP contribution in [0.5, 0.6) is 0 Å². The number of nitrogens with two attached hydrogens (primary N) is 1. The second-order valence-corrected chi connectivity index (χ2v) is 3.02. The largest absolute Gasteiger partial charge is 0.469 e. The summed E-state index contributed by atoms with van der Waals surface area (Å²) < 4.78 is 29.5. The zero-order valence-electron chi connectivity index (χ0n) is 8.42. The smallest absolute Gasteiger partial charge is 0.310 e. The summed E-state index contributed by atoms with van der Waals surface area (Å²) in [4.78, 5) is 24.2. The Hall–Kier alpha value is -1.92. The molecule has 5 nitrogen and oxygen atoms in total. The molecule has 0 saturated heterocycles. The second kappa shape index (κ2) is 4.73. The summed E-state index contributed by atoms with van der Waals surface area (Å²) in [6.07, 6.45) is -2.42. The lowest BCUT2D eigenvalue weighted by molar-refractivity contribution is -0.139. The van der Waals surface area contributed by atoms with Crippen LogP contribution in [0.25, 0.3) is 0 Å². The first-order chi connectivity index (χ1) is 7.47. The van der Waals surface area contributed by atoms with Crippen molar-refractivity contribution in [1.82, 2.24) is 4.98 Å². The Kier molecular flexibility index (Phi) is 3.60. The van der Waals surface area contributed by atoms with Crippen LogP contribution >= 0.6 is 0 Å². The number of hydrogen-bond donors (Lipinski definition) is 2. The van der Waals surface area contributed by atoms with E-state index >= 15 is 0 Å². The van der Waals surface area contributed by atoms with E-state index in [0.29, 0.717) is 0 Å². The summed E-state index contributed by atoms with van der Waals surface area (Å²) in [5, 5.41) is 0. The van der Waals surface area contributed by atoms with Gasteiger partial charge in [0.05, 0.1) is 13.5 Å². The van der Waals surface area contributed by atoms with E-state index in [-0.39, 0.29) is 11.3 Å². The highest BCUT2D eigenvalue weighted by molar-refractivity contribution is 5.75. The summed E-state index contributed by atoms with van der Waals surface area (Å²) in [5.41, 5.74) is 3.59. The predicted molar refractivity (Wildman–Crippen MR) is 52.2 cm³/mol. The van der Waals surface area contributed by atoms with Gasteiger partial charge in [0.2, 0.25) is 0 Å². The van der Waals surface area contributed by atoms with Crippen LogP contribution in [0, 0.1) is 0 Å². The first-order valence-electron chi connectivity index (χ1n) is 4.32. The molecular formula is C9H10F2N2O3. The minimum atomic E-state index is -2.82. The minimum absolute atomic E-state index is 0.189. The molecule has 0 aliphatic carbocycles. The van der Waals surface area contributed by atoms with Crippen molar-refractivity contribution in [3.05, 3.63) is 27.7 Å². The van der Waals surface area contributed by atoms with Gasteiger partial charge in [-0.15, -0.1) is 0 Å². The van der Waals surface area contributed by atoms with Crippen LogP contribution in [0.2, 0.25) is 0 Å². The van der Waals surface area contributed by atoms with Gasteiger partial charge >= 0.3 is 5.97 Å². The van der Waals surface area contributed by atoms with Crippen LogP contribution in [0.4, 0.5) is 14.5 Å². The number of rotatable bonds is 3. The Morgan fingerprint density at radius 3 is 2.75 bits per heavy atom. The van der Waals surface area contributed by atoms with Crippen LogP contribution in [-0.4, -0.2) is 18.1 Å². The van der Waals surface area contributed by atoms with Crippen molar-refractivity contribution in [2.24, 2.45) is 0 Å². The van der Waals surface area contributed by atoms with Crippen LogP contribution in [-0.2, 0) is 16.0 Å². The number of methoxy groups -OCH3 is 1. The van der Waals surface area contributed by atoms with Gasteiger partial charge in [-0.1, -0.05) is 0 Å². The van der Waals surface area contributed by atoms with Gasteiger partial charge in [-0.2, -0.15) is 0 Å². The number of hydrogen-bond acceptors (Lipinski definition) is 4. The normalized spacial score (nSPS) is 10.5. The fourth-order valence-electron chi connectivity index (χ4n) is 1.21. The highest BCUT2D eigenvalue weighted by atomic mass is 19.3. The minimum Gasteiger partial charge on any atom is -0.469 e. The molecule has 3 N–H and O–H groups in total. The maximum absolute atomic E-state index is 12.6. The van der Waals surface area contributed by atoms with E-state index in [1.54, 1.807) is 0 Å². The summed E-state index contributed by atoms with van der Waals surface area (Å²) in [5.74, 6) is -0.737. The van der Waals surface area contributed by atoms with E-state index in [1.165, 1.54) is 0 Å². The molecule has 0 amide bonds. The van der Waals surface area contributed by atoms with E-state index in [1.807, 2.05) is 0 Å². The molecule has 0 aliphatic heterocycles. The summed E-state index contributed by atoms with van der Waals surface area (Å²) in [6.45, 7) is 0. The molecule has 0 fully saturated rings. The molecule has 7 heteroatoms. The lowest BCUT2D eigenvalue weighted by atomic mass is 10.1. The molecule has 1 rings (SSSR count). The third-order valence-corrected chi connectivity index (χ3v) is 2.06. The molecule has 0 saturated carbocycles. The van der Waals surface area contributed by atoms with Gasteiger partial charge in [0.15, 0.2) is 0 Å². The van der Waals surface area contributed by atoms with Crippen LogP contribution in [0.15, 0.2) is 11.0 Å². The highest BCUT2D eigenvalue weighted by Crippen LogP contribution is 2.24. The van der Waals surface area contributed by atoms with Crippen molar-refractivity contribution < 1.29 is 18.3 Å². The number of nitrogens with one attached hydrogen (secondary N) is 1. The van der Waals surface area contributed by atoms with Gasteiger partial charge in [-0.3, -0.25) is 9.59 Å². The molecule has 0 atom stereocenters. The number of carbonyl (C=O) groups is 1. The van der Waals surface area contributed by atoms with E-state index in [9.17, 15) is 18.4 Å². The number of anilines is 1. The zero-order valence-corrected chi connectivity index (χ0v) is 8.42. The summed E-state index contributed by atoms with van der Waals surface area (Å²) in [7, 11) is 1.12. The number of ether oxygens (including phenoxy) is 1. The van der Waals surface area contributed by atoms with Crippen LogP contribution in [0.1, 0.15) is 17.6 Å². The molecule has 0 bridgehead atoms. The number of carbonyl (C=O) groups excluding carboxylic acids is 1. The van der Waals surface area contributed by atoms with Crippen molar-refractivity contribution in [3.63, 3.8) is 0 Å². The van der Waals surface area contributed by atoms with Crippen molar-refractivity contribution in [1.29, 1.82) is 0 Å². The molecule has 1 aromatic heterocycles. The van der Waals surface area contributed by atoms with Gasteiger partial charge in [0.25, 0.3) is 12.0 Å². The third kappa shape index (κ3) is 2.36. The molecule has 1 heterocycles. The number of halogens is 2. The Bertz CT molecular complexity index is 457. The predicted octanol–water partition coefficient (Wildman–Crippen LogP) is 0.610. The number of nitrogen functional groups attached to an aromatic ring is 1. The third-order valence-electron chi connectivity index (χ3n) is 2.06. The maximum atomic E-state index is 12.6. The summed E-state index contributed by atoms with van der Waals surface area (Å²) >= 11 is 0. The number of esters is 1. The number of aromatic amines is 1. The van der Waals surface area contributed by atoms with E-state index in [0.717, 1.165) is 13.3 Å². The standard InChI is InChI=1S/C9H10F2N2O3/c1-16-6(14)2-4-5(8(10)11)3-13-9(15)7(4)12/h3,8H,2,12H2,1H3,(H,13,15). The number of pyridine rings is 1. The highest BCUT2D eigenvalue weighted by Gasteiger charge is 2.19. The molecule has 0 aliphatic rings. The van der Waals surface area contributed by atoms with Gasteiger partial charge in [-0.05, 0) is 0 Å². The quantitative estimate of drug-likeness (QED) is 0.747. The van der Waals surface area contributed by atoms with Gasteiger partial charge in [-0.25, -0.2) is 8.78 Å². The van der Waals surface area contributed by atoms with Gasteiger partial charge in [0, 0.05) is 17.3 Å². The Balaban J connectivity index is 3.26. The second-order valence-electron chi connectivity index (χ2n) is 3.02. The van der Waals surface area contributed by atoms with Crippen molar-refractivity contribution in [3.8, 4) is 0 Å². The Morgan fingerprint density at radius 1 is 1.62 bits per heavy atom. The fraction of sp³-hybridized carbons (Fsp3) is 0.333. The monoisotopic (exact) mass is 232 g/mol. The Morgan fingerprint density at radius 2 is 2.25 bits per heavy atom. The molecule has 0 unspecified atom stereocenters. The lowest BCUT2D eigenvalue weighted by Crippen LogP contribution is -2.19. The van der Waals surface area contributed by atoms with Gasteiger partial charge in [0.1, 0.15) is 5.69 Å². The molecule has 1 aromatic rings. The summed E-state index contributed by atoms with van der Waals surface area (Å²) in [6, 6.07) is 0. The first kappa shape index (κ1) is 12.2. The molecular weight excluding hydrogens is 222 g/mol. The van der Waals surface area contributed by atoms with Crippen molar-refractivity contribution in [2.75, 3.05) is 12.8 Å². The van der Waals surface area contributed by atoms with Gasteiger partial charge < -0.3 is 15.5 Å². The van der Waals surface area contributed by atoms with E-state index in [4.69, 9.17) is 5.73 Å². The van der Waals surface area contributed by atoms with Crippen molar-refractivity contribution in [2.45, 2.75) is 12.8 Å². The van der Waals surface area contributed by atoms with E-state index < -0.39 is 29.9 Å². The van der Waals surface area contributed by atoms with Crippen LogP contribution < -0.4 is 11.3 Å². The number of H-pyrrole nitrogens is 1. The topological polar surface area (TPSA) is 85.2 Å². The molecule has 16 heavy (non-hydrogen) atoms. The van der Waals surface area contributed by atoms with Crippen LogP contribution in [0.3, 0.4) is 0 Å². The molecule has 0 aromatic carbocycles. The average molecular weight is 232 g/mol. The average Bonchev–Trinajstić information content (AvgIpc) is 2.24. The SMILES string of the molecule is COC(=O)Cc1c(C(F)F)c[nH]c(=O)c1N. The zero-order chi connectivity index (χ0) is 12.3. The lowest BCUT2D eigenvalue weighted by Gasteiger charge is -2.09. The molecule has 0 radical (unpaired) electrons. The number of aromatic nitrogens is 1. The maximum Gasteiger partial charge on any atom is 0.310 e. The first-order valence-corrected chi connectivity index (χ1v) is 4.32. The molecule has 0 spiro atoms. The Labute approximate surface area is 89.2 Å². The van der Waals surface area contributed by atoms with Crippen molar-refractivity contribution >= 4 is 11.7 Å². The molecule has 88 valence electrons. The van der Waals surface area contributed by atoms with E-state index in [2.05, 4.69) is 9.72 Å². The number of alkyl halides is 2. The fourth-order valence-corrected chi connectivity index (χ4v) is 1.21.